The molecule has 25 heavy (non-hydrogen) atoms. The molecule has 0 fully saturated rings. The van der Waals surface area contributed by atoms with Gasteiger partial charge in [0, 0.05) is 23.0 Å². The summed E-state index contributed by atoms with van der Waals surface area (Å²) in [5, 5.41) is 13.4. The van der Waals surface area contributed by atoms with Gasteiger partial charge in [-0.25, -0.2) is 0 Å². The molecule has 1 atom stereocenters. The Hall–Kier alpha value is -2.74. The summed E-state index contributed by atoms with van der Waals surface area (Å²) in [7, 11) is 0. The number of rotatable bonds is 7. The Morgan fingerprint density at radius 2 is 1.92 bits per heavy atom. The minimum absolute atomic E-state index is 0.0819. The van der Waals surface area contributed by atoms with Gasteiger partial charge in [-0.2, -0.15) is 0 Å². The van der Waals surface area contributed by atoms with Gasteiger partial charge in [0.1, 0.15) is 6.04 Å². The molecule has 0 bridgehead atoms. The summed E-state index contributed by atoms with van der Waals surface area (Å²) in [6.07, 6.45) is 0.166. The molecule has 130 valence electrons. The molecule has 8 heteroatoms. The number of carbonyl (C=O) groups is 2. The summed E-state index contributed by atoms with van der Waals surface area (Å²) < 4.78 is 0.814. The summed E-state index contributed by atoms with van der Waals surface area (Å²) in [6.45, 7) is 0. The van der Waals surface area contributed by atoms with Crippen molar-refractivity contribution in [3.05, 3.63) is 74.2 Å². The maximum absolute atomic E-state index is 12.2. The Balaban J connectivity index is 2.05. The third-order valence-electron chi connectivity index (χ3n) is 3.55. The molecule has 2 amide bonds. The molecule has 0 unspecified atom stereocenters. The highest BCUT2D eigenvalue weighted by Gasteiger charge is 2.20. The number of nitrogens with one attached hydrogen (secondary N) is 1. The van der Waals surface area contributed by atoms with E-state index in [0.29, 0.717) is 5.56 Å². The molecule has 2 rings (SSSR count). The second-order valence-electron chi connectivity index (χ2n) is 5.42. The molecular formula is C17H16BrN3O4. The van der Waals surface area contributed by atoms with Crippen molar-refractivity contribution in [3.63, 3.8) is 0 Å². The van der Waals surface area contributed by atoms with Crippen LogP contribution in [0.2, 0.25) is 0 Å². The van der Waals surface area contributed by atoms with E-state index in [-0.39, 0.29) is 18.5 Å². The number of nitro groups is 1. The average Bonchev–Trinajstić information content (AvgIpc) is 2.56. The number of nitrogens with zero attached hydrogens (tertiary/aromatic N) is 1. The number of carbonyl (C=O) groups excluding carboxylic acids is 2. The lowest BCUT2D eigenvalue weighted by Gasteiger charge is -2.16. The molecule has 0 saturated carbocycles. The first-order chi connectivity index (χ1) is 11.9. The average molecular weight is 406 g/mol. The molecule has 0 saturated heterocycles. The van der Waals surface area contributed by atoms with E-state index < -0.39 is 22.8 Å². The zero-order valence-electron chi connectivity index (χ0n) is 13.1. The van der Waals surface area contributed by atoms with Crippen molar-refractivity contribution >= 4 is 33.4 Å². The predicted molar refractivity (Wildman–Crippen MR) is 95.8 cm³/mol. The molecule has 2 aromatic carbocycles. The van der Waals surface area contributed by atoms with Crippen LogP contribution in [0.1, 0.15) is 11.1 Å². The predicted octanol–water partition coefficient (Wildman–Crippen LogP) is 2.11. The number of halogens is 1. The molecule has 0 aromatic heterocycles. The maximum atomic E-state index is 12.2. The topological polar surface area (TPSA) is 115 Å². The fraction of sp³-hybridized carbons (Fsp3) is 0.176. The number of hydrogen-bond donors (Lipinski definition) is 2. The third kappa shape index (κ3) is 5.39. The highest BCUT2D eigenvalue weighted by atomic mass is 79.9. The fourth-order valence-corrected chi connectivity index (χ4v) is 2.76. The van der Waals surface area contributed by atoms with E-state index in [1.165, 1.54) is 18.2 Å². The Labute approximate surface area is 152 Å². The van der Waals surface area contributed by atoms with Gasteiger partial charge in [0.2, 0.25) is 11.8 Å². The van der Waals surface area contributed by atoms with Crippen molar-refractivity contribution in [2.45, 2.75) is 18.9 Å². The van der Waals surface area contributed by atoms with E-state index in [2.05, 4.69) is 21.2 Å². The minimum atomic E-state index is -0.870. The van der Waals surface area contributed by atoms with Crippen LogP contribution in [-0.4, -0.2) is 22.8 Å². The second kappa shape index (κ2) is 8.39. The first-order valence-electron chi connectivity index (χ1n) is 7.42. The van der Waals surface area contributed by atoms with Gasteiger partial charge in [0.05, 0.1) is 11.3 Å². The number of nitro benzene ring substituents is 1. The summed E-state index contributed by atoms with van der Waals surface area (Å²) >= 11 is 3.39. The maximum Gasteiger partial charge on any atom is 0.269 e. The number of benzene rings is 2. The van der Waals surface area contributed by atoms with Gasteiger partial charge in [-0.05, 0) is 17.2 Å². The SMILES string of the molecule is NC(=O)[C@H](Cc1ccccc1Br)NC(=O)Cc1cccc([N+](=O)[O-])c1. The van der Waals surface area contributed by atoms with Crippen LogP contribution >= 0.6 is 15.9 Å². The van der Waals surface area contributed by atoms with Gasteiger partial charge >= 0.3 is 0 Å². The molecule has 0 spiro atoms. The monoisotopic (exact) mass is 405 g/mol. The molecule has 2 aromatic rings. The van der Waals surface area contributed by atoms with Gasteiger partial charge < -0.3 is 11.1 Å². The quantitative estimate of drug-likeness (QED) is 0.541. The molecule has 0 aliphatic rings. The van der Waals surface area contributed by atoms with Crippen molar-refractivity contribution in [1.82, 2.24) is 5.32 Å². The van der Waals surface area contributed by atoms with Crippen LogP contribution in [0, 0.1) is 10.1 Å². The molecule has 3 N–H and O–H groups in total. The van der Waals surface area contributed by atoms with E-state index in [4.69, 9.17) is 5.73 Å². The van der Waals surface area contributed by atoms with E-state index >= 15 is 0 Å². The van der Waals surface area contributed by atoms with E-state index in [0.717, 1.165) is 10.0 Å². The zero-order valence-corrected chi connectivity index (χ0v) is 14.7. The first-order valence-corrected chi connectivity index (χ1v) is 8.21. The molecule has 0 heterocycles. The van der Waals surface area contributed by atoms with Crippen LogP contribution < -0.4 is 11.1 Å². The number of non-ortho nitro benzene ring substituents is 1. The highest BCUT2D eigenvalue weighted by Crippen LogP contribution is 2.18. The van der Waals surface area contributed by atoms with Gasteiger partial charge in [-0.1, -0.05) is 46.3 Å². The first kappa shape index (κ1) is 18.6. The lowest BCUT2D eigenvalue weighted by atomic mass is 10.0. The fourth-order valence-electron chi connectivity index (χ4n) is 2.32. The summed E-state index contributed by atoms with van der Waals surface area (Å²) in [5.74, 6) is -1.08. The van der Waals surface area contributed by atoms with Crippen LogP contribution in [0.25, 0.3) is 0 Å². The van der Waals surface area contributed by atoms with E-state index in [1.54, 1.807) is 6.07 Å². The number of nitrogens with two attached hydrogens (primary N) is 1. The second-order valence-corrected chi connectivity index (χ2v) is 6.28. The largest absolute Gasteiger partial charge is 0.368 e. The minimum Gasteiger partial charge on any atom is -0.368 e. The standard InChI is InChI=1S/C17H16BrN3O4/c18-14-7-2-1-5-12(14)10-15(17(19)23)20-16(22)9-11-4-3-6-13(8-11)21(24)25/h1-8,15H,9-10H2,(H2,19,23)(H,20,22)/t15-/m0/s1. The van der Waals surface area contributed by atoms with Crippen molar-refractivity contribution in [3.8, 4) is 0 Å². The van der Waals surface area contributed by atoms with Gasteiger partial charge in [0.25, 0.3) is 5.69 Å². The van der Waals surface area contributed by atoms with Crippen LogP contribution in [0.15, 0.2) is 53.0 Å². The van der Waals surface area contributed by atoms with Gasteiger partial charge in [0.15, 0.2) is 0 Å². The lowest BCUT2D eigenvalue weighted by molar-refractivity contribution is -0.384. The van der Waals surface area contributed by atoms with Crippen molar-refractivity contribution < 1.29 is 14.5 Å². The van der Waals surface area contributed by atoms with Gasteiger partial charge in [-0.3, -0.25) is 19.7 Å². The number of primary amides is 1. The molecule has 0 aliphatic carbocycles. The number of amides is 2. The Kier molecular flexibility index (Phi) is 6.24. The van der Waals surface area contributed by atoms with Gasteiger partial charge in [-0.15, -0.1) is 0 Å². The smallest absolute Gasteiger partial charge is 0.269 e. The Morgan fingerprint density at radius 3 is 2.56 bits per heavy atom. The molecular weight excluding hydrogens is 390 g/mol. The lowest BCUT2D eigenvalue weighted by Crippen LogP contribution is -2.46. The van der Waals surface area contributed by atoms with Crippen LogP contribution in [0.5, 0.6) is 0 Å². The van der Waals surface area contributed by atoms with E-state index in [1.807, 2.05) is 24.3 Å². The van der Waals surface area contributed by atoms with E-state index in [9.17, 15) is 19.7 Å². The third-order valence-corrected chi connectivity index (χ3v) is 4.32. The summed E-state index contributed by atoms with van der Waals surface area (Å²) in [5.41, 5.74) is 6.61. The zero-order chi connectivity index (χ0) is 18.4. The summed E-state index contributed by atoms with van der Waals surface area (Å²) in [6, 6.07) is 12.2. The molecule has 0 radical (unpaired) electrons. The van der Waals surface area contributed by atoms with Crippen molar-refractivity contribution in [2.24, 2.45) is 5.73 Å². The van der Waals surface area contributed by atoms with Crippen molar-refractivity contribution in [1.29, 1.82) is 0 Å². The Morgan fingerprint density at radius 1 is 1.20 bits per heavy atom. The molecule has 0 aliphatic heterocycles. The van der Waals surface area contributed by atoms with Crippen LogP contribution in [0.4, 0.5) is 5.69 Å². The summed E-state index contributed by atoms with van der Waals surface area (Å²) in [4.78, 5) is 34.1. The van der Waals surface area contributed by atoms with Crippen LogP contribution in [0.3, 0.4) is 0 Å². The van der Waals surface area contributed by atoms with Crippen molar-refractivity contribution in [2.75, 3.05) is 0 Å². The normalized spacial score (nSPS) is 11.6. The number of hydrogen-bond acceptors (Lipinski definition) is 4. The highest BCUT2D eigenvalue weighted by molar-refractivity contribution is 9.10. The van der Waals surface area contributed by atoms with Crippen LogP contribution in [-0.2, 0) is 22.4 Å². The Bertz CT molecular complexity index is 810. The molecule has 7 nitrogen and oxygen atoms in total.